The largest absolute Gasteiger partial charge is 0.475 e. The summed E-state index contributed by atoms with van der Waals surface area (Å²) in [6, 6.07) is 7.72. The lowest BCUT2D eigenvalue weighted by atomic mass is 10.1. The van der Waals surface area contributed by atoms with Gasteiger partial charge in [0, 0.05) is 6.20 Å². The maximum absolute atomic E-state index is 11.1. The summed E-state index contributed by atoms with van der Waals surface area (Å²) in [6.45, 7) is 1.91. The average molecular weight is 273 g/mol. The van der Waals surface area contributed by atoms with Crippen LogP contribution in [0.5, 0.6) is 5.88 Å². The number of aliphatic hydroxyl groups is 1. The minimum atomic E-state index is -0.727. The maximum atomic E-state index is 11.1. The summed E-state index contributed by atoms with van der Waals surface area (Å²) in [5.74, 6) is -0.616. The number of amides is 1. The van der Waals surface area contributed by atoms with E-state index in [2.05, 4.69) is 9.97 Å². The van der Waals surface area contributed by atoms with Crippen molar-refractivity contribution in [2.75, 3.05) is 13.2 Å². The molecule has 0 unspecified atom stereocenters. The van der Waals surface area contributed by atoms with Gasteiger partial charge in [0.15, 0.2) is 0 Å². The van der Waals surface area contributed by atoms with Gasteiger partial charge in [-0.25, -0.2) is 4.98 Å². The van der Waals surface area contributed by atoms with Crippen molar-refractivity contribution >= 4 is 5.91 Å². The van der Waals surface area contributed by atoms with Crippen molar-refractivity contribution in [2.24, 2.45) is 5.73 Å². The molecule has 0 saturated carbocycles. The highest BCUT2D eigenvalue weighted by Crippen LogP contribution is 2.27. The number of primary amides is 1. The van der Waals surface area contributed by atoms with Gasteiger partial charge in [-0.15, -0.1) is 0 Å². The monoisotopic (exact) mass is 273 g/mol. The number of carbonyl (C=O) groups excluding carboxylic acids is 1. The zero-order chi connectivity index (χ0) is 14.5. The van der Waals surface area contributed by atoms with Crippen molar-refractivity contribution < 1.29 is 14.6 Å². The second-order valence-corrected chi connectivity index (χ2v) is 4.21. The molecule has 1 heterocycles. The molecule has 1 amide bonds. The molecule has 3 N–H and O–H groups in total. The maximum Gasteiger partial charge on any atom is 0.286 e. The van der Waals surface area contributed by atoms with E-state index in [-0.39, 0.29) is 24.9 Å². The minimum absolute atomic E-state index is 0.0775. The lowest BCUT2D eigenvalue weighted by Crippen LogP contribution is -2.16. The van der Waals surface area contributed by atoms with Crippen molar-refractivity contribution in [2.45, 2.75) is 6.92 Å². The van der Waals surface area contributed by atoms with Crippen molar-refractivity contribution in [3.05, 3.63) is 41.9 Å². The number of aryl methyl sites for hydroxylation is 1. The molecule has 0 aliphatic rings. The Kier molecular flexibility index (Phi) is 4.27. The van der Waals surface area contributed by atoms with Crippen molar-refractivity contribution in [3.63, 3.8) is 0 Å². The Bertz CT molecular complexity index is 612. The van der Waals surface area contributed by atoms with Crippen LogP contribution in [-0.2, 0) is 0 Å². The number of aliphatic hydroxyl groups excluding tert-OH is 1. The van der Waals surface area contributed by atoms with Gasteiger partial charge in [0.1, 0.15) is 6.61 Å². The molecule has 20 heavy (non-hydrogen) atoms. The predicted molar refractivity (Wildman–Crippen MR) is 73.3 cm³/mol. The molecule has 0 aliphatic carbocycles. The van der Waals surface area contributed by atoms with Gasteiger partial charge in [-0.1, -0.05) is 29.8 Å². The van der Waals surface area contributed by atoms with Crippen LogP contribution >= 0.6 is 0 Å². The van der Waals surface area contributed by atoms with Crippen molar-refractivity contribution in [1.82, 2.24) is 9.97 Å². The Morgan fingerprint density at radius 2 is 2.05 bits per heavy atom. The summed E-state index contributed by atoms with van der Waals surface area (Å²) in [5, 5.41) is 8.84. The lowest BCUT2D eigenvalue weighted by Gasteiger charge is -2.10. The first-order valence-electron chi connectivity index (χ1n) is 6.09. The van der Waals surface area contributed by atoms with Crippen LogP contribution in [0.2, 0.25) is 0 Å². The van der Waals surface area contributed by atoms with Gasteiger partial charge in [0.2, 0.25) is 11.7 Å². The zero-order valence-corrected chi connectivity index (χ0v) is 11.0. The Labute approximate surface area is 116 Å². The zero-order valence-electron chi connectivity index (χ0n) is 11.0. The topological polar surface area (TPSA) is 98.3 Å². The highest BCUT2D eigenvalue weighted by Gasteiger charge is 2.13. The Morgan fingerprint density at radius 1 is 1.35 bits per heavy atom. The summed E-state index contributed by atoms with van der Waals surface area (Å²) in [6.07, 6.45) is 1.49. The van der Waals surface area contributed by atoms with E-state index in [0.717, 1.165) is 11.1 Å². The number of hydrogen-bond acceptors (Lipinski definition) is 5. The van der Waals surface area contributed by atoms with Gasteiger partial charge in [-0.3, -0.25) is 4.79 Å². The summed E-state index contributed by atoms with van der Waals surface area (Å²) >= 11 is 0. The average Bonchev–Trinajstić information content (AvgIpc) is 2.45. The number of hydrogen-bond donors (Lipinski definition) is 2. The third-order valence-electron chi connectivity index (χ3n) is 2.67. The van der Waals surface area contributed by atoms with Crippen LogP contribution in [0.3, 0.4) is 0 Å². The molecule has 0 aliphatic heterocycles. The van der Waals surface area contributed by atoms with E-state index in [0.29, 0.717) is 5.56 Å². The second-order valence-electron chi connectivity index (χ2n) is 4.21. The first kappa shape index (κ1) is 14.0. The molecule has 0 atom stereocenters. The molecular formula is C14H15N3O3. The van der Waals surface area contributed by atoms with E-state index < -0.39 is 5.91 Å². The first-order valence-corrected chi connectivity index (χ1v) is 6.09. The summed E-state index contributed by atoms with van der Waals surface area (Å²) < 4.78 is 5.35. The quantitative estimate of drug-likeness (QED) is 0.844. The molecular weight excluding hydrogens is 258 g/mol. The third kappa shape index (κ3) is 3.10. The molecule has 6 nitrogen and oxygen atoms in total. The van der Waals surface area contributed by atoms with E-state index >= 15 is 0 Å². The molecule has 0 radical (unpaired) electrons. The van der Waals surface area contributed by atoms with Crippen molar-refractivity contribution in [1.29, 1.82) is 0 Å². The highest BCUT2D eigenvalue weighted by atomic mass is 16.5. The second kappa shape index (κ2) is 6.12. The fraction of sp³-hybridized carbons (Fsp3) is 0.214. The standard InChI is InChI=1S/C14H15N3O3/c1-9-2-4-10(5-3-9)11-8-16-13(12(15)19)17-14(11)20-7-6-18/h2-5,8,18H,6-7H2,1H3,(H2,15,19). The smallest absolute Gasteiger partial charge is 0.286 e. The van der Waals surface area contributed by atoms with E-state index in [1.165, 1.54) is 6.20 Å². The van der Waals surface area contributed by atoms with Crippen LogP contribution in [0.25, 0.3) is 11.1 Å². The number of carbonyl (C=O) groups is 1. The van der Waals surface area contributed by atoms with Crippen LogP contribution in [0, 0.1) is 6.92 Å². The number of aromatic nitrogens is 2. The number of benzene rings is 1. The fourth-order valence-corrected chi connectivity index (χ4v) is 1.67. The molecule has 0 bridgehead atoms. The van der Waals surface area contributed by atoms with Gasteiger partial charge in [0.05, 0.1) is 12.2 Å². The molecule has 0 fully saturated rings. The van der Waals surface area contributed by atoms with Gasteiger partial charge in [-0.2, -0.15) is 4.98 Å². The Morgan fingerprint density at radius 3 is 2.65 bits per heavy atom. The van der Waals surface area contributed by atoms with E-state index in [1.54, 1.807) is 0 Å². The number of rotatable bonds is 5. The molecule has 6 heteroatoms. The molecule has 2 aromatic rings. The highest BCUT2D eigenvalue weighted by molar-refractivity contribution is 5.89. The fourth-order valence-electron chi connectivity index (χ4n) is 1.67. The summed E-state index contributed by atoms with van der Waals surface area (Å²) in [4.78, 5) is 19.0. The van der Waals surface area contributed by atoms with Gasteiger partial charge < -0.3 is 15.6 Å². The predicted octanol–water partition coefficient (Wildman–Crippen LogP) is 0.922. The number of ether oxygens (including phenoxy) is 1. The molecule has 2 rings (SSSR count). The van der Waals surface area contributed by atoms with Gasteiger partial charge in [-0.05, 0) is 12.5 Å². The molecule has 0 saturated heterocycles. The minimum Gasteiger partial charge on any atom is -0.475 e. The Hall–Kier alpha value is -2.47. The number of nitrogens with zero attached hydrogens (tertiary/aromatic N) is 2. The lowest BCUT2D eigenvalue weighted by molar-refractivity contribution is 0.0989. The SMILES string of the molecule is Cc1ccc(-c2cnc(C(N)=O)nc2OCCO)cc1. The van der Waals surface area contributed by atoms with Crippen molar-refractivity contribution in [3.8, 4) is 17.0 Å². The van der Waals surface area contributed by atoms with E-state index in [1.807, 2.05) is 31.2 Å². The van der Waals surface area contributed by atoms with Crippen LogP contribution < -0.4 is 10.5 Å². The van der Waals surface area contributed by atoms with Crippen LogP contribution in [-0.4, -0.2) is 34.2 Å². The van der Waals surface area contributed by atoms with Crippen LogP contribution in [0.1, 0.15) is 16.2 Å². The number of nitrogens with two attached hydrogens (primary N) is 1. The molecule has 104 valence electrons. The molecule has 1 aromatic carbocycles. The molecule has 1 aromatic heterocycles. The Balaban J connectivity index is 2.45. The van der Waals surface area contributed by atoms with E-state index in [4.69, 9.17) is 15.6 Å². The van der Waals surface area contributed by atoms with Crippen LogP contribution in [0.15, 0.2) is 30.5 Å². The first-order chi connectivity index (χ1) is 9.61. The molecule has 0 spiro atoms. The van der Waals surface area contributed by atoms with E-state index in [9.17, 15) is 4.79 Å². The van der Waals surface area contributed by atoms with Gasteiger partial charge >= 0.3 is 0 Å². The summed E-state index contributed by atoms with van der Waals surface area (Å²) in [7, 11) is 0. The normalized spacial score (nSPS) is 10.3. The van der Waals surface area contributed by atoms with Gasteiger partial charge in [0.25, 0.3) is 5.91 Å². The van der Waals surface area contributed by atoms with Crippen LogP contribution in [0.4, 0.5) is 0 Å². The third-order valence-corrected chi connectivity index (χ3v) is 2.67. The summed E-state index contributed by atoms with van der Waals surface area (Å²) in [5.41, 5.74) is 7.78.